The average Bonchev–Trinajstić information content (AvgIpc) is 2.70. The summed E-state index contributed by atoms with van der Waals surface area (Å²) in [6.07, 6.45) is 7.29. The molecule has 0 aromatic carbocycles. The van der Waals surface area contributed by atoms with E-state index in [1.807, 2.05) is 19.9 Å². The number of allylic oxidation sites excluding steroid dienone is 7. The van der Waals surface area contributed by atoms with Crippen LogP contribution >= 0.6 is 0 Å². The smallest absolute Gasteiger partial charge is 0.133 e. The maximum absolute atomic E-state index is 14.0. The van der Waals surface area contributed by atoms with Crippen LogP contribution in [0.25, 0.3) is 0 Å². The van der Waals surface area contributed by atoms with E-state index < -0.39 is 0 Å². The van der Waals surface area contributed by atoms with Crippen molar-refractivity contribution in [3.05, 3.63) is 46.9 Å². The van der Waals surface area contributed by atoms with Crippen LogP contribution in [0.1, 0.15) is 40.0 Å². The van der Waals surface area contributed by atoms with E-state index in [1.165, 1.54) is 0 Å². The average molecular weight is 206 g/mol. The molecular weight excluding hydrogens is 187 g/mol. The summed E-state index contributed by atoms with van der Waals surface area (Å²) in [7, 11) is 0. The molecule has 1 aliphatic carbocycles. The highest BCUT2D eigenvalue weighted by atomic mass is 19.1. The summed E-state index contributed by atoms with van der Waals surface area (Å²) in [5.74, 6) is -0.154. The minimum atomic E-state index is -0.154. The standard InChI is InChI=1S/C14H19F/c1-5-11(4)13(14(15)10(2)3)12-8-6-7-9-12/h5,8H,2,6-7,9H2,1,3-4H3/b11-5-,14-13-. The Bertz CT molecular complexity index is 354. The van der Waals surface area contributed by atoms with E-state index in [9.17, 15) is 4.39 Å². The Kier molecular flexibility index (Phi) is 4.07. The highest BCUT2D eigenvalue weighted by Gasteiger charge is 2.16. The lowest BCUT2D eigenvalue weighted by atomic mass is 9.95. The zero-order chi connectivity index (χ0) is 11.4. The quantitative estimate of drug-likeness (QED) is 0.578. The molecule has 0 atom stereocenters. The molecule has 0 saturated heterocycles. The lowest BCUT2D eigenvalue weighted by Gasteiger charge is -2.11. The molecule has 0 saturated carbocycles. The van der Waals surface area contributed by atoms with Crippen molar-refractivity contribution in [2.75, 3.05) is 0 Å². The van der Waals surface area contributed by atoms with Gasteiger partial charge in [-0.3, -0.25) is 0 Å². The molecule has 0 bridgehead atoms. The van der Waals surface area contributed by atoms with Crippen molar-refractivity contribution < 1.29 is 4.39 Å². The first-order valence-corrected chi connectivity index (χ1v) is 5.46. The zero-order valence-electron chi connectivity index (χ0n) is 9.86. The van der Waals surface area contributed by atoms with Gasteiger partial charge in [-0.05, 0) is 56.8 Å². The van der Waals surface area contributed by atoms with Gasteiger partial charge in [0.05, 0.1) is 0 Å². The maximum Gasteiger partial charge on any atom is 0.133 e. The molecule has 0 spiro atoms. The van der Waals surface area contributed by atoms with Crippen LogP contribution in [0.15, 0.2) is 46.9 Å². The van der Waals surface area contributed by atoms with Crippen molar-refractivity contribution in [1.82, 2.24) is 0 Å². The lowest BCUT2D eigenvalue weighted by molar-refractivity contribution is 0.642. The second-order valence-corrected chi connectivity index (χ2v) is 4.06. The Morgan fingerprint density at radius 2 is 2.13 bits per heavy atom. The normalized spacial score (nSPS) is 18.7. The summed E-state index contributed by atoms with van der Waals surface area (Å²) in [6.45, 7) is 9.29. The molecule has 0 fully saturated rings. The van der Waals surface area contributed by atoms with Gasteiger partial charge in [-0.25, -0.2) is 4.39 Å². The van der Waals surface area contributed by atoms with Gasteiger partial charge in [0.1, 0.15) is 5.83 Å². The minimum Gasteiger partial charge on any atom is -0.206 e. The van der Waals surface area contributed by atoms with E-state index in [1.54, 1.807) is 6.92 Å². The van der Waals surface area contributed by atoms with Crippen LogP contribution in [0.3, 0.4) is 0 Å². The third kappa shape index (κ3) is 2.68. The minimum absolute atomic E-state index is 0.154. The van der Waals surface area contributed by atoms with Crippen LogP contribution in [-0.4, -0.2) is 0 Å². The molecule has 15 heavy (non-hydrogen) atoms. The summed E-state index contributed by atoms with van der Waals surface area (Å²) >= 11 is 0. The van der Waals surface area contributed by atoms with Crippen LogP contribution in [0.5, 0.6) is 0 Å². The van der Waals surface area contributed by atoms with Crippen molar-refractivity contribution in [1.29, 1.82) is 0 Å². The molecule has 0 nitrogen and oxygen atoms in total. The van der Waals surface area contributed by atoms with Gasteiger partial charge in [0, 0.05) is 5.57 Å². The Morgan fingerprint density at radius 1 is 1.47 bits per heavy atom. The SMILES string of the molecule is C=C(C)/C(F)=C(C1=CCCC1)\C(C)=C/C. The van der Waals surface area contributed by atoms with Gasteiger partial charge >= 0.3 is 0 Å². The van der Waals surface area contributed by atoms with Crippen LogP contribution in [-0.2, 0) is 0 Å². The van der Waals surface area contributed by atoms with E-state index in [4.69, 9.17) is 0 Å². The van der Waals surface area contributed by atoms with Crippen molar-refractivity contribution in [2.45, 2.75) is 40.0 Å². The van der Waals surface area contributed by atoms with Gasteiger partial charge in [-0.1, -0.05) is 18.7 Å². The molecule has 1 aliphatic rings. The van der Waals surface area contributed by atoms with E-state index in [0.717, 1.165) is 36.0 Å². The molecule has 0 aromatic heterocycles. The van der Waals surface area contributed by atoms with Crippen molar-refractivity contribution in [3.8, 4) is 0 Å². The first-order chi connectivity index (χ1) is 7.07. The van der Waals surface area contributed by atoms with Gasteiger partial charge in [-0.2, -0.15) is 0 Å². The lowest BCUT2D eigenvalue weighted by Crippen LogP contribution is -1.94. The molecule has 0 heterocycles. The summed E-state index contributed by atoms with van der Waals surface area (Å²) in [5.41, 5.74) is 3.43. The second kappa shape index (κ2) is 5.11. The third-order valence-electron chi connectivity index (χ3n) is 2.78. The summed E-state index contributed by atoms with van der Waals surface area (Å²) in [4.78, 5) is 0. The monoisotopic (exact) mass is 206 g/mol. The molecule has 1 heteroatoms. The van der Waals surface area contributed by atoms with Gasteiger partial charge in [0.2, 0.25) is 0 Å². The Hall–Kier alpha value is -1.11. The number of rotatable bonds is 3. The summed E-state index contributed by atoms with van der Waals surface area (Å²) < 4.78 is 14.0. The van der Waals surface area contributed by atoms with Gasteiger partial charge < -0.3 is 0 Å². The van der Waals surface area contributed by atoms with Gasteiger partial charge in [0.15, 0.2) is 0 Å². The van der Waals surface area contributed by atoms with Gasteiger partial charge in [-0.15, -0.1) is 0 Å². The second-order valence-electron chi connectivity index (χ2n) is 4.06. The fraction of sp³-hybridized carbons (Fsp3) is 0.429. The first-order valence-electron chi connectivity index (χ1n) is 5.46. The molecule has 82 valence electrons. The molecule has 0 radical (unpaired) electrons. The van der Waals surface area contributed by atoms with Crippen LogP contribution in [0, 0.1) is 0 Å². The van der Waals surface area contributed by atoms with Crippen molar-refractivity contribution in [3.63, 3.8) is 0 Å². The fourth-order valence-electron chi connectivity index (χ4n) is 1.82. The predicted octanol–water partition coefficient (Wildman–Crippen LogP) is 4.86. The largest absolute Gasteiger partial charge is 0.206 e. The highest BCUT2D eigenvalue weighted by molar-refractivity contribution is 5.52. The topological polar surface area (TPSA) is 0 Å². The van der Waals surface area contributed by atoms with Gasteiger partial charge in [0.25, 0.3) is 0 Å². The number of hydrogen-bond acceptors (Lipinski definition) is 0. The van der Waals surface area contributed by atoms with Crippen LogP contribution in [0.4, 0.5) is 4.39 Å². The number of halogens is 1. The summed E-state index contributed by atoms with van der Waals surface area (Å²) in [5, 5.41) is 0. The molecule has 0 N–H and O–H groups in total. The fourth-order valence-corrected chi connectivity index (χ4v) is 1.82. The maximum atomic E-state index is 14.0. The predicted molar refractivity (Wildman–Crippen MR) is 64.3 cm³/mol. The third-order valence-corrected chi connectivity index (χ3v) is 2.78. The van der Waals surface area contributed by atoms with Crippen LogP contribution < -0.4 is 0 Å². The molecule has 1 rings (SSSR count). The van der Waals surface area contributed by atoms with E-state index in [0.29, 0.717) is 5.57 Å². The first kappa shape index (κ1) is 12.0. The summed E-state index contributed by atoms with van der Waals surface area (Å²) in [6, 6.07) is 0. The van der Waals surface area contributed by atoms with E-state index in [2.05, 4.69) is 12.7 Å². The van der Waals surface area contributed by atoms with E-state index >= 15 is 0 Å². The molecular formula is C14H19F. The van der Waals surface area contributed by atoms with Crippen molar-refractivity contribution >= 4 is 0 Å². The number of hydrogen-bond donors (Lipinski definition) is 0. The Morgan fingerprint density at radius 3 is 2.53 bits per heavy atom. The Labute approximate surface area is 91.9 Å². The molecule has 0 aliphatic heterocycles. The molecule has 0 unspecified atom stereocenters. The zero-order valence-corrected chi connectivity index (χ0v) is 9.86. The molecule has 0 aromatic rings. The van der Waals surface area contributed by atoms with E-state index in [-0.39, 0.29) is 5.83 Å². The van der Waals surface area contributed by atoms with Crippen molar-refractivity contribution in [2.24, 2.45) is 0 Å². The Balaban J connectivity index is 3.19. The molecule has 0 amide bonds. The highest BCUT2D eigenvalue weighted by Crippen LogP contribution is 2.33. The van der Waals surface area contributed by atoms with Crippen LogP contribution in [0.2, 0.25) is 0 Å².